The van der Waals surface area contributed by atoms with Crippen molar-refractivity contribution in [1.29, 1.82) is 0 Å². The molecule has 0 aliphatic rings. The molecule has 0 heterocycles. The molecule has 7 heteroatoms. The molecule has 1 rings (SSSR count). The third-order valence-electron chi connectivity index (χ3n) is 2.74. The quantitative estimate of drug-likeness (QED) is 0.653. The first kappa shape index (κ1) is 14.5. The van der Waals surface area contributed by atoms with Gasteiger partial charge in [0.05, 0.1) is 10.5 Å². The monoisotopic (exact) mass is 262 g/mol. The summed E-state index contributed by atoms with van der Waals surface area (Å²) in [5.41, 5.74) is -0.715. The van der Waals surface area contributed by atoms with Gasteiger partial charge < -0.3 is 9.47 Å². The molecular formula is C11H14F2NO4+. The molecule has 18 heavy (non-hydrogen) atoms. The third-order valence-corrected chi connectivity index (χ3v) is 2.74. The van der Waals surface area contributed by atoms with Crippen molar-refractivity contribution in [3.8, 4) is 0 Å². The van der Waals surface area contributed by atoms with Crippen LogP contribution < -0.4 is 0 Å². The Hall–Kier alpha value is -1.60. The summed E-state index contributed by atoms with van der Waals surface area (Å²) in [5, 5.41) is 8.87. The topological polar surface area (TPSA) is 58.8 Å². The lowest BCUT2D eigenvalue weighted by molar-refractivity contribution is -0.730. The van der Waals surface area contributed by atoms with E-state index in [9.17, 15) is 13.7 Å². The Morgan fingerprint density at radius 3 is 2.33 bits per heavy atom. The normalized spacial score (nSPS) is 11.6. The fourth-order valence-electron chi connectivity index (χ4n) is 1.48. The van der Waals surface area contributed by atoms with Crippen molar-refractivity contribution in [1.82, 2.24) is 0 Å². The largest absolute Gasteiger partial charge is 0.353 e. The van der Waals surface area contributed by atoms with Crippen molar-refractivity contribution in [3.63, 3.8) is 0 Å². The summed E-state index contributed by atoms with van der Waals surface area (Å²) in [6.07, 6.45) is -0.238. The summed E-state index contributed by atoms with van der Waals surface area (Å²) < 4.78 is 36.8. The number of ether oxygens (including phenoxy) is 2. The summed E-state index contributed by atoms with van der Waals surface area (Å²) in [6.45, 7) is 1.49. The van der Waals surface area contributed by atoms with Gasteiger partial charge in [-0.25, -0.2) is 14.0 Å². The van der Waals surface area contributed by atoms with Gasteiger partial charge in [-0.05, 0) is 13.0 Å². The van der Waals surface area contributed by atoms with Gasteiger partial charge in [-0.2, -0.15) is 0 Å². The summed E-state index contributed by atoms with van der Waals surface area (Å²) in [5.74, 6) is -3.58. The van der Waals surface area contributed by atoms with Crippen LogP contribution in [0.4, 0.5) is 14.5 Å². The molecule has 0 saturated heterocycles. The molecule has 100 valence electrons. The molecule has 0 atom stereocenters. The SMILES string of the molecule is COC(C)(Cc1c([N+](=O)O)ccc(F)c1F)OC. The molecule has 1 aromatic carbocycles. The molecule has 1 N–H and O–H groups in total. The molecular weight excluding hydrogens is 248 g/mol. The first-order valence-electron chi connectivity index (χ1n) is 5.08. The Morgan fingerprint density at radius 2 is 1.89 bits per heavy atom. The Kier molecular flexibility index (Phi) is 4.31. The van der Waals surface area contributed by atoms with Crippen LogP contribution >= 0.6 is 0 Å². The van der Waals surface area contributed by atoms with Crippen LogP contribution in [0.25, 0.3) is 0 Å². The van der Waals surface area contributed by atoms with E-state index >= 15 is 0 Å². The second kappa shape index (κ2) is 5.36. The lowest BCUT2D eigenvalue weighted by atomic mass is 10.0. The van der Waals surface area contributed by atoms with E-state index in [0.29, 0.717) is 0 Å². The molecule has 0 bridgehead atoms. The van der Waals surface area contributed by atoms with Crippen LogP contribution in [0, 0.1) is 16.5 Å². The number of rotatable bonds is 5. The lowest BCUT2D eigenvalue weighted by Crippen LogP contribution is -2.33. The van der Waals surface area contributed by atoms with Crippen LogP contribution in [-0.4, -0.2) is 30.1 Å². The van der Waals surface area contributed by atoms with E-state index in [4.69, 9.17) is 14.7 Å². The zero-order valence-corrected chi connectivity index (χ0v) is 10.2. The van der Waals surface area contributed by atoms with Gasteiger partial charge in [-0.15, -0.1) is 0 Å². The van der Waals surface area contributed by atoms with Gasteiger partial charge in [-0.1, -0.05) is 0 Å². The molecule has 0 saturated carbocycles. The zero-order chi connectivity index (χ0) is 13.9. The van der Waals surface area contributed by atoms with Crippen molar-refractivity contribution in [2.24, 2.45) is 0 Å². The fourth-order valence-corrected chi connectivity index (χ4v) is 1.48. The number of hydrogen-bond acceptors (Lipinski definition) is 3. The average molecular weight is 262 g/mol. The van der Waals surface area contributed by atoms with Gasteiger partial charge in [0.1, 0.15) is 0 Å². The number of methoxy groups -OCH3 is 2. The van der Waals surface area contributed by atoms with Gasteiger partial charge in [-0.3, -0.25) is 0 Å². The molecule has 0 spiro atoms. The Bertz CT molecular complexity index is 461. The molecule has 0 radical (unpaired) electrons. The second-order valence-electron chi connectivity index (χ2n) is 3.85. The average Bonchev–Trinajstić information content (AvgIpc) is 2.34. The van der Waals surface area contributed by atoms with Gasteiger partial charge >= 0.3 is 5.69 Å². The molecule has 0 aliphatic carbocycles. The highest BCUT2D eigenvalue weighted by atomic mass is 19.2. The van der Waals surface area contributed by atoms with Gasteiger partial charge in [0, 0.05) is 26.7 Å². The standard InChI is InChI=1S/C11H14F2NO4/c1-11(17-2,18-3)6-7-9(14(15)16)5-4-8(12)10(7)13/h4-5H,6H2,1-3H3,(H,15,16)/q+1. The Labute approximate surface area is 102 Å². The maximum absolute atomic E-state index is 13.7. The first-order chi connectivity index (χ1) is 8.34. The predicted octanol–water partition coefficient (Wildman–Crippen LogP) is 2.32. The van der Waals surface area contributed by atoms with Crippen LogP contribution in [0.15, 0.2) is 12.1 Å². The lowest BCUT2D eigenvalue weighted by Gasteiger charge is -2.26. The molecule has 0 amide bonds. The van der Waals surface area contributed by atoms with Crippen molar-refractivity contribution in [2.45, 2.75) is 19.1 Å². The molecule has 0 fully saturated rings. The van der Waals surface area contributed by atoms with E-state index in [-0.39, 0.29) is 12.0 Å². The van der Waals surface area contributed by atoms with Crippen molar-refractivity contribution in [2.75, 3.05) is 14.2 Å². The minimum absolute atomic E-state index is 0.238. The fraction of sp³-hybridized carbons (Fsp3) is 0.455. The molecule has 0 aromatic heterocycles. The highest BCUT2D eigenvalue weighted by Crippen LogP contribution is 2.28. The highest BCUT2D eigenvalue weighted by molar-refractivity contribution is 5.41. The van der Waals surface area contributed by atoms with Gasteiger partial charge in [0.15, 0.2) is 17.4 Å². The molecule has 0 aliphatic heterocycles. The van der Waals surface area contributed by atoms with E-state index < -0.39 is 28.0 Å². The van der Waals surface area contributed by atoms with Gasteiger partial charge in [0.25, 0.3) is 4.92 Å². The van der Waals surface area contributed by atoms with E-state index in [1.165, 1.54) is 21.1 Å². The molecule has 0 unspecified atom stereocenters. The van der Waals surface area contributed by atoms with E-state index in [2.05, 4.69) is 0 Å². The van der Waals surface area contributed by atoms with Crippen LogP contribution in [0.3, 0.4) is 0 Å². The summed E-state index contributed by atoms with van der Waals surface area (Å²) in [4.78, 5) is 10.4. The van der Waals surface area contributed by atoms with Crippen molar-refractivity contribution < 1.29 is 28.4 Å². The maximum atomic E-state index is 13.7. The van der Waals surface area contributed by atoms with Crippen LogP contribution in [0.2, 0.25) is 0 Å². The number of halogens is 2. The maximum Gasteiger partial charge on any atom is 0.323 e. The highest BCUT2D eigenvalue weighted by Gasteiger charge is 2.33. The summed E-state index contributed by atoms with van der Waals surface area (Å²) in [7, 11) is 2.66. The number of benzene rings is 1. The van der Waals surface area contributed by atoms with Gasteiger partial charge in [0.2, 0.25) is 0 Å². The Balaban J connectivity index is 3.29. The molecule has 5 nitrogen and oxygen atoms in total. The number of nitrogens with zero attached hydrogens (tertiary/aromatic N) is 1. The number of hydrogen-bond donors (Lipinski definition) is 1. The van der Waals surface area contributed by atoms with Crippen LogP contribution in [0.1, 0.15) is 12.5 Å². The van der Waals surface area contributed by atoms with E-state index in [1.807, 2.05) is 0 Å². The second-order valence-corrected chi connectivity index (χ2v) is 3.85. The minimum Gasteiger partial charge on any atom is -0.353 e. The van der Waals surface area contributed by atoms with E-state index in [0.717, 1.165) is 12.1 Å². The zero-order valence-electron chi connectivity index (χ0n) is 10.2. The van der Waals surface area contributed by atoms with Crippen LogP contribution in [0.5, 0.6) is 0 Å². The Morgan fingerprint density at radius 1 is 1.33 bits per heavy atom. The third kappa shape index (κ3) is 2.80. The van der Waals surface area contributed by atoms with Crippen molar-refractivity contribution in [3.05, 3.63) is 34.2 Å². The smallest absolute Gasteiger partial charge is 0.323 e. The van der Waals surface area contributed by atoms with E-state index in [1.54, 1.807) is 0 Å². The minimum atomic E-state index is -1.24. The summed E-state index contributed by atoms with van der Waals surface area (Å²) in [6, 6.07) is 1.73. The van der Waals surface area contributed by atoms with Crippen molar-refractivity contribution >= 4 is 5.69 Å². The first-order valence-corrected chi connectivity index (χ1v) is 5.08. The predicted molar refractivity (Wildman–Crippen MR) is 57.6 cm³/mol. The summed E-state index contributed by atoms with van der Waals surface area (Å²) >= 11 is 0. The molecule has 1 aromatic rings. The van der Waals surface area contributed by atoms with Crippen LogP contribution in [-0.2, 0) is 15.9 Å².